The molecule has 0 fully saturated rings. The van der Waals surface area contributed by atoms with E-state index in [2.05, 4.69) is 6.07 Å². The molecular weight excluding hydrogens is 384 g/mol. The number of hydrogen-bond acceptors (Lipinski definition) is 1. The number of alkyl halides is 3. The fourth-order valence-electron chi connectivity index (χ4n) is 3.68. The molecule has 0 bridgehead atoms. The van der Waals surface area contributed by atoms with Gasteiger partial charge in [-0.25, -0.2) is 4.39 Å². The van der Waals surface area contributed by atoms with Crippen molar-refractivity contribution in [2.24, 2.45) is 5.73 Å². The molecule has 1 aromatic heterocycles. The Morgan fingerprint density at radius 3 is 2.55 bits per heavy atom. The highest BCUT2D eigenvalue weighted by Crippen LogP contribution is 2.36. The quantitative estimate of drug-likeness (QED) is 0.473. The van der Waals surface area contributed by atoms with Gasteiger partial charge >= 0.3 is 6.18 Å². The fourth-order valence-corrected chi connectivity index (χ4v) is 3.68. The van der Waals surface area contributed by atoms with Crippen LogP contribution in [0.15, 0.2) is 48.5 Å². The first kappa shape index (κ1) is 19.0. The Hall–Kier alpha value is -3.35. The van der Waals surface area contributed by atoms with Gasteiger partial charge in [-0.2, -0.15) is 13.2 Å². The Kier molecular flexibility index (Phi) is 4.33. The molecule has 1 amide bonds. The molecule has 147 valence electrons. The van der Waals surface area contributed by atoms with Crippen LogP contribution in [0, 0.1) is 18.8 Å². The second-order valence-corrected chi connectivity index (χ2v) is 6.85. The van der Waals surface area contributed by atoms with Crippen LogP contribution in [0.5, 0.6) is 0 Å². The van der Waals surface area contributed by atoms with E-state index >= 15 is 0 Å². The second kappa shape index (κ2) is 6.62. The Labute approximate surface area is 163 Å². The highest BCUT2D eigenvalue weighted by Gasteiger charge is 2.34. The molecule has 4 aromatic rings. The number of aryl methyl sites for hydroxylation is 1. The number of benzene rings is 3. The maximum Gasteiger partial charge on any atom is 0.416 e. The minimum atomic E-state index is -4.70. The van der Waals surface area contributed by atoms with E-state index in [-0.39, 0.29) is 12.1 Å². The van der Waals surface area contributed by atoms with Crippen LogP contribution in [0.1, 0.15) is 27.0 Å². The van der Waals surface area contributed by atoms with Crippen molar-refractivity contribution in [2.75, 3.05) is 0 Å². The van der Waals surface area contributed by atoms with Crippen LogP contribution >= 0.6 is 0 Å². The Balaban J connectivity index is 2.07. The van der Waals surface area contributed by atoms with Gasteiger partial charge in [0.15, 0.2) is 0 Å². The van der Waals surface area contributed by atoms with Gasteiger partial charge in [0.2, 0.25) is 5.91 Å². The van der Waals surface area contributed by atoms with Gasteiger partial charge in [-0.15, -0.1) is 0 Å². The van der Waals surface area contributed by atoms with Crippen molar-refractivity contribution in [1.82, 2.24) is 4.57 Å². The van der Waals surface area contributed by atoms with Gasteiger partial charge in [0.05, 0.1) is 23.1 Å². The molecule has 1 radical (unpaired) electrons. The normalized spacial score (nSPS) is 12.0. The molecule has 3 nitrogen and oxygen atoms in total. The zero-order chi connectivity index (χ0) is 20.9. The third kappa shape index (κ3) is 3.12. The van der Waals surface area contributed by atoms with Crippen molar-refractivity contribution in [3.05, 3.63) is 82.7 Å². The molecular formula is C22H15F4N2O. The summed E-state index contributed by atoms with van der Waals surface area (Å²) in [4.78, 5) is 11.9. The van der Waals surface area contributed by atoms with Crippen LogP contribution in [0.2, 0.25) is 0 Å². The van der Waals surface area contributed by atoms with Crippen molar-refractivity contribution in [1.29, 1.82) is 0 Å². The number of fused-ring (bicyclic) bond motifs is 3. The number of amides is 1. The average molecular weight is 399 g/mol. The van der Waals surface area contributed by atoms with E-state index in [9.17, 15) is 22.4 Å². The minimum Gasteiger partial charge on any atom is -0.366 e. The van der Waals surface area contributed by atoms with Crippen LogP contribution in [-0.4, -0.2) is 10.5 Å². The number of nitrogens with zero attached hydrogens (tertiary/aromatic N) is 1. The number of hydrogen-bond donors (Lipinski definition) is 1. The summed E-state index contributed by atoms with van der Waals surface area (Å²) in [7, 11) is 0. The number of aromatic nitrogens is 1. The molecule has 0 saturated heterocycles. The topological polar surface area (TPSA) is 48.0 Å². The largest absolute Gasteiger partial charge is 0.416 e. The van der Waals surface area contributed by atoms with Gasteiger partial charge in [0.1, 0.15) is 5.82 Å². The van der Waals surface area contributed by atoms with Crippen LogP contribution in [0.3, 0.4) is 0 Å². The van der Waals surface area contributed by atoms with E-state index in [1.165, 1.54) is 0 Å². The lowest BCUT2D eigenvalue weighted by Gasteiger charge is -2.16. The molecule has 2 N–H and O–H groups in total. The zero-order valence-electron chi connectivity index (χ0n) is 15.3. The average Bonchev–Trinajstić information content (AvgIpc) is 2.95. The first-order valence-corrected chi connectivity index (χ1v) is 8.76. The SMILES string of the molecule is Cc1c[c]c2c3c(C(N)=O)cccc3n(Cc3c(F)cccc3C(F)(F)F)c2c1. The lowest BCUT2D eigenvalue weighted by atomic mass is 10.1. The molecule has 0 unspecified atom stereocenters. The molecule has 0 atom stereocenters. The standard InChI is InChI=1S/C22H15F4N2O/c1-12-8-9-13-19(10-12)28(18-7-2-4-14(20(13)18)21(27)29)11-15-16(22(24,25)26)5-3-6-17(15)23/h2-8,10H,11H2,1H3,(H2,27,29). The fraction of sp³-hybridized carbons (Fsp3) is 0.136. The first-order valence-electron chi connectivity index (χ1n) is 8.76. The molecule has 0 aliphatic rings. The Morgan fingerprint density at radius 1 is 1.14 bits per heavy atom. The highest BCUT2D eigenvalue weighted by atomic mass is 19.4. The van der Waals surface area contributed by atoms with Crippen molar-refractivity contribution in [3.63, 3.8) is 0 Å². The summed E-state index contributed by atoms with van der Waals surface area (Å²) >= 11 is 0. The lowest BCUT2D eigenvalue weighted by molar-refractivity contribution is -0.138. The number of rotatable bonds is 3. The maximum atomic E-state index is 14.5. The molecule has 0 aliphatic carbocycles. The van der Waals surface area contributed by atoms with Gasteiger partial charge in [0.25, 0.3) is 0 Å². The van der Waals surface area contributed by atoms with Crippen molar-refractivity contribution >= 4 is 27.7 Å². The van der Waals surface area contributed by atoms with E-state index in [4.69, 9.17) is 5.73 Å². The summed E-state index contributed by atoms with van der Waals surface area (Å²) < 4.78 is 56.5. The first-order chi connectivity index (χ1) is 13.7. The van der Waals surface area contributed by atoms with Gasteiger partial charge in [-0.05, 0) is 48.9 Å². The zero-order valence-corrected chi connectivity index (χ0v) is 15.3. The number of carbonyl (C=O) groups is 1. The van der Waals surface area contributed by atoms with E-state index in [1.807, 2.05) is 6.92 Å². The van der Waals surface area contributed by atoms with E-state index in [0.29, 0.717) is 21.8 Å². The highest BCUT2D eigenvalue weighted by molar-refractivity contribution is 6.17. The summed E-state index contributed by atoms with van der Waals surface area (Å²) in [6.07, 6.45) is -4.70. The van der Waals surface area contributed by atoms with Crippen LogP contribution in [0.4, 0.5) is 17.6 Å². The van der Waals surface area contributed by atoms with Gasteiger partial charge < -0.3 is 10.3 Å². The predicted octanol–water partition coefficient (Wildman–Crippen LogP) is 5.21. The summed E-state index contributed by atoms with van der Waals surface area (Å²) in [5.41, 5.74) is 6.08. The molecule has 1 heterocycles. The molecule has 3 aromatic carbocycles. The monoisotopic (exact) mass is 399 g/mol. The third-order valence-electron chi connectivity index (χ3n) is 4.94. The third-order valence-corrected chi connectivity index (χ3v) is 4.94. The summed E-state index contributed by atoms with van der Waals surface area (Å²) in [5, 5.41) is 1.03. The number of halogens is 4. The predicted molar refractivity (Wildman–Crippen MR) is 102 cm³/mol. The van der Waals surface area contributed by atoms with E-state index in [0.717, 1.165) is 23.8 Å². The van der Waals surface area contributed by atoms with Gasteiger partial charge in [0, 0.05) is 21.9 Å². The second-order valence-electron chi connectivity index (χ2n) is 6.85. The lowest BCUT2D eigenvalue weighted by Crippen LogP contribution is -2.14. The number of primary amides is 1. The molecule has 0 aliphatic heterocycles. The van der Waals surface area contributed by atoms with E-state index in [1.54, 1.807) is 34.9 Å². The molecule has 0 spiro atoms. The van der Waals surface area contributed by atoms with Crippen molar-refractivity contribution in [2.45, 2.75) is 19.6 Å². The van der Waals surface area contributed by atoms with Gasteiger partial charge in [-0.3, -0.25) is 4.79 Å². The van der Waals surface area contributed by atoms with Crippen LogP contribution in [0.25, 0.3) is 21.8 Å². The maximum absolute atomic E-state index is 14.5. The molecule has 7 heteroatoms. The van der Waals surface area contributed by atoms with Crippen molar-refractivity contribution < 1.29 is 22.4 Å². The number of nitrogens with two attached hydrogens (primary N) is 1. The van der Waals surface area contributed by atoms with Crippen LogP contribution in [-0.2, 0) is 12.7 Å². The summed E-state index contributed by atoms with van der Waals surface area (Å²) in [6, 6.07) is 14.3. The smallest absolute Gasteiger partial charge is 0.366 e. The van der Waals surface area contributed by atoms with Crippen LogP contribution < -0.4 is 5.73 Å². The summed E-state index contributed by atoms with van der Waals surface area (Å²) in [5.74, 6) is -1.61. The molecule has 29 heavy (non-hydrogen) atoms. The molecule has 4 rings (SSSR count). The summed E-state index contributed by atoms with van der Waals surface area (Å²) in [6.45, 7) is 1.46. The number of carbonyl (C=O) groups excluding carboxylic acids is 1. The van der Waals surface area contributed by atoms with Crippen molar-refractivity contribution in [3.8, 4) is 0 Å². The van der Waals surface area contributed by atoms with E-state index < -0.39 is 29.0 Å². The minimum absolute atomic E-state index is 0.232. The molecule has 0 saturated carbocycles. The Bertz CT molecular complexity index is 1270. The Morgan fingerprint density at radius 2 is 1.86 bits per heavy atom. The van der Waals surface area contributed by atoms with Gasteiger partial charge in [-0.1, -0.05) is 18.2 Å².